The molecule has 0 bridgehead atoms. The zero-order chi connectivity index (χ0) is 21.5. The quantitative estimate of drug-likeness (QED) is 0.535. The van der Waals surface area contributed by atoms with Gasteiger partial charge in [-0.25, -0.2) is 9.97 Å². The first-order valence-corrected chi connectivity index (χ1v) is 10.4. The smallest absolute Gasteiger partial charge is 0.251 e. The van der Waals surface area contributed by atoms with Crippen LogP contribution in [0.2, 0.25) is 0 Å². The van der Waals surface area contributed by atoms with E-state index < -0.39 is 0 Å². The highest BCUT2D eigenvalue weighted by Gasteiger charge is 2.14. The lowest BCUT2D eigenvalue weighted by Crippen LogP contribution is -2.24. The number of aromatic nitrogens is 2. The van der Waals surface area contributed by atoms with E-state index in [1.54, 1.807) is 20.4 Å². The minimum atomic E-state index is -0.0837. The number of hydrogen-bond acceptors (Lipinski definition) is 5. The predicted octanol–water partition coefficient (Wildman–Crippen LogP) is 4.19. The highest BCUT2D eigenvalue weighted by Crippen LogP contribution is 2.26. The number of nitrogens with one attached hydrogen (secondary N) is 1. The summed E-state index contributed by atoms with van der Waals surface area (Å²) in [6.45, 7) is 2.48. The van der Waals surface area contributed by atoms with Gasteiger partial charge in [0.05, 0.1) is 24.4 Å². The number of halogens is 1. The second-order valence-electron chi connectivity index (χ2n) is 6.63. The molecule has 0 fully saturated rings. The van der Waals surface area contributed by atoms with Crippen molar-refractivity contribution in [3.05, 3.63) is 81.3 Å². The molecule has 3 aromatic rings. The first kappa shape index (κ1) is 21.8. The molecule has 1 aromatic heterocycles. The molecule has 0 radical (unpaired) electrons. The standard InChI is InChI=1S/C23H24BrN3O3/c1-4-25-23(28)18-8-6-5-7-15(18)12-20-19(24)14-26-22(27-20)13-16-11-17(29-2)9-10-21(16)30-3/h5-11,14H,4,12-13H2,1-3H3,(H,25,28). The third-order valence-electron chi connectivity index (χ3n) is 4.66. The van der Waals surface area contributed by atoms with Crippen molar-refractivity contribution < 1.29 is 14.3 Å². The zero-order valence-electron chi connectivity index (χ0n) is 17.2. The van der Waals surface area contributed by atoms with E-state index in [0.29, 0.717) is 30.8 Å². The number of methoxy groups -OCH3 is 2. The molecule has 0 atom stereocenters. The Morgan fingerprint density at radius 3 is 2.60 bits per heavy atom. The number of nitrogens with zero attached hydrogens (tertiary/aromatic N) is 2. The third kappa shape index (κ3) is 5.16. The lowest BCUT2D eigenvalue weighted by atomic mass is 10.0. The van der Waals surface area contributed by atoms with Crippen LogP contribution in [0.5, 0.6) is 11.5 Å². The zero-order valence-corrected chi connectivity index (χ0v) is 18.8. The average molecular weight is 470 g/mol. The fourth-order valence-corrected chi connectivity index (χ4v) is 3.51. The minimum Gasteiger partial charge on any atom is -0.497 e. The summed E-state index contributed by atoms with van der Waals surface area (Å²) < 4.78 is 11.6. The van der Waals surface area contributed by atoms with E-state index in [4.69, 9.17) is 14.5 Å². The Labute approximate surface area is 184 Å². The second-order valence-corrected chi connectivity index (χ2v) is 7.48. The monoisotopic (exact) mass is 469 g/mol. The molecule has 0 saturated carbocycles. The Morgan fingerprint density at radius 2 is 1.87 bits per heavy atom. The van der Waals surface area contributed by atoms with Gasteiger partial charge in [-0.2, -0.15) is 0 Å². The van der Waals surface area contributed by atoms with Crippen LogP contribution in [0.1, 0.15) is 39.9 Å². The summed E-state index contributed by atoms with van der Waals surface area (Å²) >= 11 is 3.55. The summed E-state index contributed by atoms with van der Waals surface area (Å²) in [5, 5.41) is 2.86. The van der Waals surface area contributed by atoms with Crippen LogP contribution >= 0.6 is 15.9 Å². The molecular formula is C23H24BrN3O3. The molecule has 7 heteroatoms. The summed E-state index contributed by atoms with van der Waals surface area (Å²) in [4.78, 5) is 21.6. The molecule has 0 saturated heterocycles. The van der Waals surface area contributed by atoms with Gasteiger partial charge in [-0.1, -0.05) is 18.2 Å². The van der Waals surface area contributed by atoms with Crippen molar-refractivity contribution in [2.24, 2.45) is 0 Å². The Kier molecular flexibility index (Phi) is 7.41. The summed E-state index contributed by atoms with van der Waals surface area (Å²) in [5.41, 5.74) is 3.32. The molecule has 2 aromatic carbocycles. The maximum absolute atomic E-state index is 12.4. The molecule has 3 rings (SSSR count). The van der Waals surface area contributed by atoms with E-state index >= 15 is 0 Å². The molecule has 156 valence electrons. The van der Waals surface area contributed by atoms with Gasteiger partial charge in [0, 0.05) is 36.7 Å². The fraction of sp³-hybridized carbons (Fsp3) is 0.261. The normalized spacial score (nSPS) is 10.5. The van der Waals surface area contributed by atoms with Crippen LogP contribution < -0.4 is 14.8 Å². The van der Waals surface area contributed by atoms with E-state index in [1.165, 1.54) is 0 Å². The number of hydrogen-bond donors (Lipinski definition) is 1. The third-order valence-corrected chi connectivity index (χ3v) is 5.32. The van der Waals surface area contributed by atoms with Crippen LogP contribution in [0.15, 0.2) is 53.1 Å². The molecule has 6 nitrogen and oxygen atoms in total. The van der Waals surface area contributed by atoms with Gasteiger partial charge in [0.2, 0.25) is 0 Å². The van der Waals surface area contributed by atoms with Crippen molar-refractivity contribution in [3.8, 4) is 11.5 Å². The molecule has 1 amide bonds. The Hall–Kier alpha value is -2.93. The van der Waals surface area contributed by atoms with Crippen LogP contribution in [-0.4, -0.2) is 36.6 Å². The van der Waals surface area contributed by atoms with Crippen LogP contribution in [0.25, 0.3) is 0 Å². The maximum Gasteiger partial charge on any atom is 0.251 e. The summed E-state index contributed by atoms with van der Waals surface area (Å²) in [7, 11) is 3.27. The summed E-state index contributed by atoms with van der Waals surface area (Å²) in [6, 6.07) is 13.2. The largest absolute Gasteiger partial charge is 0.497 e. The van der Waals surface area contributed by atoms with E-state index in [0.717, 1.165) is 32.8 Å². The van der Waals surface area contributed by atoms with Crippen molar-refractivity contribution in [1.82, 2.24) is 15.3 Å². The van der Waals surface area contributed by atoms with Gasteiger partial charge >= 0.3 is 0 Å². The SMILES string of the molecule is CCNC(=O)c1ccccc1Cc1nc(Cc2cc(OC)ccc2OC)ncc1Br. The molecular weight excluding hydrogens is 446 g/mol. The molecule has 1 N–H and O–H groups in total. The average Bonchev–Trinajstić information content (AvgIpc) is 2.76. The van der Waals surface area contributed by atoms with Crippen LogP contribution in [0.3, 0.4) is 0 Å². The van der Waals surface area contributed by atoms with Crippen LogP contribution in [0.4, 0.5) is 0 Å². The van der Waals surface area contributed by atoms with Crippen molar-refractivity contribution in [3.63, 3.8) is 0 Å². The number of rotatable bonds is 8. The number of carbonyl (C=O) groups is 1. The first-order chi connectivity index (χ1) is 14.5. The van der Waals surface area contributed by atoms with Crippen molar-refractivity contribution >= 4 is 21.8 Å². The van der Waals surface area contributed by atoms with E-state index in [1.807, 2.05) is 49.4 Å². The number of benzene rings is 2. The highest BCUT2D eigenvalue weighted by atomic mass is 79.9. The molecule has 1 heterocycles. The van der Waals surface area contributed by atoms with E-state index in [-0.39, 0.29) is 5.91 Å². The molecule has 0 aliphatic rings. The second kappa shape index (κ2) is 10.2. The molecule has 30 heavy (non-hydrogen) atoms. The van der Waals surface area contributed by atoms with Gasteiger partial charge in [-0.3, -0.25) is 4.79 Å². The summed E-state index contributed by atoms with van der Waals surface area (Å²) in [6.07, 6.45) is 2.76. The van der Waals surface area contributed by atoms with Crippen molar-refractivity contribution in [2.45, 2.75) is 19.8 Å². The van der Waals surface area contributed by atoms with Gasteiger partial charge in [0.15, 0.2) is 0 Å². The van der Waals surface area contributed by atoms with E-state index in [9.17, 15) is 4.79 Å². The van der Waals surface area contributed by atoms with E-state index in [2.05, 4.69) is 26.2 Å². The van der Waals surface area contributed by atoms with Gasteiger partial charge in [0.25, 0.3) is 5.91 Å². The Balaban J connectivity index is 1.90. The van der Waals surface area contributed by atoms with Gasteiger partial charge in [0.1, 0.15) is 17.3 Å². The van der Waals surface area contributed by atoms with Crippen LogP contribution in [0, 0.1) is 0 Å². The lowest BCUT2D eigenvalue weighted by Gasteiger charge is -2.12. The molecule has 0 spiro atoms. The van der Waals surface area contributed by atoms with Crippen LogP contribution in [-0.2, 0) is 12.8 Å². The fourth-order valence-electron chi connectivity index (χ4n) is 3.18. The van der Waals surface area contributed by atoms with Gasteiger partial charge < -0.3 is 14.8 Å². The number of ether oxygens (including phenoxy) is 2. The summed E-state index contributed by atoms with van der Waals surface area (Å²) in [5.74, 6) is 2.08. The molecule has 0 unspecified atom stereocenters. The Morgan fingerprint density at radius 1 is 1.07 bits per heavy atom. The maximum atomic E-state index is 12.4. The van der Waals surface area contributed by atoms with Crippen molar-refractivity contribution in [1.29, 1.82) is 0 Å². The number of amides is 1. The minimum absolute atomic E-state index is 0.0837. The highest BCUT2D eigenvalue weighted by molar-refractivity contribution is 9.10. The topological polar surface area (TPSA) is 73.3 Å². The molecule has 0 aliphatic carbocycles. The van der Waals surface area contributed by atoms with Crippen molar-refractivity contribution in [2.75, 3.05) is 20.8 Å². The lowest BCUT2D eigenvalue weighted by molar-refractivity contribution is 0.0955. The molecule has 0 aliphatic heterocycles. The number of carbonyl (C=O) groups excluding carboxylic acids is 1. The van der Waals surface area contributed by atoms with Gasteiger partial charge in [-0.05, 0) is 52.7 Å². The van der Waals surface area contributed by atoms with Gasteiger partial charge in [-0.15, -0.1) is 0 Å². The Bertz CT molecular complexity index is 1040. The first-order valence-electron chi connectivity index (χ1n) is 9.63. The predicted molar refractivity (Wildman–Crippen MR) is 119 cm³/mol.